The first-order valence-electron chi connectivity index (χ1n) is 8.58. The lowest BCUT2D eigenvalue weighted by atomic mass is 10.0. The summed E-state index contributed by atoms with van der Waals surface area (Å²) in [7, 11) is 1.50. The largest absolute Gasteiger partial charge is 0.437 e. The van der Waals surface area contributed by atoms with Crippen LogP contribution in [0.25, 0.3) is 6.08 Å². The summed E-state index contributed by atoms with van der Waals surface area (Å²) in [6.45, 7) is 5.44. The Balaban J connectivity index is 2.05. The molecule has 142 valence electrons. The summed E-state index contributed by atoms with van der Waals surface area (Å²) in [4.78, 5) is 20.2. The van der Waals surface area contributed by atoms with Gasteiger partial charge in [0.1, 0.15) is 18.6 Å². The van der Waals surface area contributed by atoms with Crippen LogP contribution in [0.4, 0.5) is 0 Å². The van der Waals surface area contributed by atoms with Gasteiger partial charge in [0, 0.05) is 24.2 Å². The zero-order chi connectivity index (χ0) is 19.8. The number of aromatic nitrogens is 1. The molecule has 0 radical (unpaired) electrons. The number of ketones is 1. The quantitative estimate of drug-likeness (QED) is 0.442. The number of halogens is 1. The van der Waals surface area contributed by atoms with Crippen molar-refractivity contribution in [1.29, 1.82) is 0 Å². The van der Waals surface area contributed by atoms with Crippen LogP contribution in [-0.4, -0.2) is 23.6 Å². The molecule has 6 heteroatoms. The van der Waals surface area contributed by atoms with E-state index in [2.05, 4.69) is 10.1 Å². The predicted molar refractivity (Wildman–Crippen MR) is 108 cm³/mol. The van der Waals surface area contributed by atoms with Crippen LogP contribution in [-0.2, 0) is 9.63 Å². The van der Waals surface area contributed by atoms with Crippen molar-refractivity contribution in [3.8, 4) is 11.6 Å². The smallest absolute Gasteiger partial charge is 0.219 e. The minimum atomic E-state index is 0.181. The first-order valence-corrected chi connectivity index (χ1v) is 8.96. The average molecular weight is 387 g/mol. The highest BCUT2D eigenvalue weighted by Crippen LogP contribution is 2.29. The number of hydrogen-bond acceptors (Lipinski definition) is 5. The number of nitrogens with zero attached hydrogens (tertiary/aromatic N) is 2. The summed E-state index contributed by atoms with van der Waals surface area (Å²) < 4.78 is 5.75. The summed E-state index contributed by atoms with van der Waals surface area (Å²) in [6.07, 6.45) is 6.20. The lowest BCUT2D eigenvalue weighted by Crippen LogP contribution is -1.98. The fourth-order valence-corrected chi connectivity index (χ4v) is 2.68. The van der Waals surface area contributed by atoms with E-state index in [1.54, 1.807) is 31.3 Å². The molecule has 27 heavy (non-hydrogen) atoms. The number of carbonyl (C=O) groups excluding carboxylic acids is 1. The molecule has 2 aromatic rings. The Kier molecular flexibility index (Phi) is 7.55. The molecule has 5 nitrogen and oxygen atoms in total. The Morgan fingerprint density at radius 2 is 2.07 bits per heavy atom. The molecule has 0 amide bonds. The summed E-state index contributed by atoms with van der Waals surface area (Å²) in [5.74, 6) is 1.33. The van der Waals surface area contributed by atoms with Gasteiger partial charge < -0.3 is 14.4 Å². The van der Waals surface area contributed by atoms with E-state index >= 15 is 0 Å². The van der Waals surface area contributed by atoms with Gasteiger partial charge in [-0.15, -0.1) is 0 Å². The molecule has 0 spiro atoms. The predicted octanol–water partition coefficient (Wildman–Crippen LogP) is 5.53. The van der Waals surface area contributed by atoms with Crippen LogP contribution < -0.4 is 4.74 Å². The number of hydrogen-bond donors (Lipinski definition) is 0. The minimum absolute atomic E-state index is 0.181. The SMILES string of the molecule is CO/N=C(\C)c1ccc(Oc2ccc(/C=C/[C@H](C)CC(C)=O)cn2)c(Cl)c1. The average Bonchev–Trinajstić information content (AvgIpc) is 2.62. The molecule has 0 aliphatic rings. The molecule has 0 N–H and O–H groups in total. The Hall–Kier alpha value is -2.66. The van der Waals surface area contributed by atoms with E-state index in [-0.39, 0.29) is 11.7 Å². The highest BCUT2D eigenvalue weighted by Gasteiger charge is 2.08. The van der Waals surface area contributed by atoms with E-state index < -0.39 is 0 Å². The Bertz CT molecular complexity index is 845. The van der Waals surface area contributed by atoms with Crippen LogP contribution in [0.5, 0.6) is 11.6 Å². The van der Waals surface area contributed by atoms with Crippen molar-refractivity contribution in [2.45, 2.75) is 27.2 Å². The van der Waals surface area contributed by atoms with Crippen LogP contribution in [0.1, 0.15) is 38.3 Å². The lowest BCUT2D eigenvalue weighted by molar-refractivity contribution is -0.117. The van der Waals surface area contributed by atoms with Crippen molar-refractivity contribution in [2.24, 2.45) is 11.1 Å². The monoisotopic (exact) mass is 386 g/mol. The molecule has 1 heterocycles. The molecule has 0 unspecified atom stereocenters. The van der Waals surface area contributed by atoms with Gasteiger partial charge in [-0.2, -0.15) is 0 Å². The van der Waals surface area contributed by atoms with Gasteiger partial charge in [-0.3, -0.25) is 0 Å². The van der Waals surface area contributed by atoms with Gasteiger partial charge in [0.2, 0.25) is 5.88 Å². The Morgan fingerprint density at radius 3 is 2.67 bits per heavy atom. The van der Waals surface area contributed by atoms with Crippen molar-refractivity contribution >= 4 is 29.2 Å². The van der Waals surface area contributed by atoms with Gasteiger partial charge in [0.25, 0.3) is 0 Å². The third-order valence-corrected chi connectivity index (χ3v) is 4.07. The number of pyridine rings is 1. The molecule has 0 fully saturated rings. The number of carbonyl (C=O) groups is 1. The third kappa shape index (κ3) is 6.53. The zero-order valence-electron chi connectivity index (χ0n) is 15.9. The molecule has 0 saturated heterocycles. The van der Waals surface area contributed by atoms with Crippen molar-refractivity contribution in [3.63, 3.8) is 0 Å². The van der Waals surface area contributed by atoms with E-state index in [0.717, 1.165) is 16.8 Å². The van der Waals surface area contributed by atoms with E-state index in [0.29, 0.717) is 23.1 Å². The molecule has 1 atom stereocenters. The van der Waals surface area contributed by atoms with Gasteiger partial charge in [0.05, 0.1) is 10.7 Å². The maximum absolute atomic E-state index is 11.1. The molecule has 0 aliphatic carbocycles. The maximum Gasteiger partial charge on any atom is 0.219 e. The normalized spacial score (nSPS) is 12.9. The van der Waals surface area contributed by atoms with E-state index in [1.165, 1.54) is 7.11 Å². The highest BCUT2D eigenvalue weighted by atomic mass is 35.5. The van der Waals surface area contributed by atoms with Gasteiger partial charge in [-0.1, -0.05) is 35.8 Å². The topological polar surface area (TPSA) is 60.8 Å². The molecule has 0 aliphatic heterocycles. The number of ether oxygens (including phenoxy) is 1. The zero-order valence-corrected chi connectivity index (χ0v) is 16.7. The van der Waals surface area contributed by atoms with Gasteiger partial charge in [0.15, 0.2) is 0 Å². The second-order valence-electron chi connectivity index (χ2n) is 6.28. The Morgan fingerprint density at radius 1 is 1.30 bits per heavy atom. The van der Waals surface area contributed by atoms with Crippen LogP contribution in [0.3, 0.4) is 0 Å². The number of allylic oxidation sites excluding steroid dienone is 1. The van der Waals surface area contributed by atoms with Gasteiger partial charge in [-0.05, 0) is 49.6 Å². The van der Waals surface area contributed by atoms with Crippen molar-refractivity contribution < 1.29 is 14.4 Å². The van der Waals surface area contributed by atoms with E-state index in [9.17, 15) is 4.79 Å². The van der Waals surface area contributed by atoms with Crippen molar-refractivity contribution in [2.75, 3.05) is 7.11 Å². The number of oxime groups is 1. The molecule has 1 aromatic carbocycles. The molecule has 0 saturated carbocycles. The molecule has 1 aromatic heterocycles. The van der Waals surface area contributed by atoms with Crippen LogP contribution in [0.2, 0.25) is 5.02 Å². The molecular formula is C21H23ClN2O3. The summed E-state index contributed by atoms with van der Waals surface area (Å²) >= 11 is 6.29. The Labute approximate surface area is 164 Å². The van der Waals surface area contributed by atoms with Crippen molar-refractivity contribution in [1.82, 2.24) is 4.98 Å². The van der Waals surface area contributed by atoms with Crippen molar-refractivity contribution in [3.05, 3.63) is 58.8 Å². The standard InChI is InChI=1S/C21H23ClN2O3/c1-14(11-15(2)25)5-6-17-7-10-21(23-13-17)27-20-9-8-18(12-19(20)22)16(3)24-26-4/h5-10,12-14H,11H2,1-4H3/b6-5+,24-16+/t14-/m0/s1. The van der Waals surface area contributed by atoms with Gasteiger partial charge >= 0.3 is 0 Å². The molecule has 0 bridgehead atoms. The van der Waals surface area contributed by atoms with E-state index in [1.807, 2.05) is 38.1 Å². The van der Waals surface area contributed by atoms with Gasteiger partial charge in [-0.25, -0.2) is 4.98 Å². The summed E-state index contributed by atoms with van der Waals surface area (Å²) in [5.41, 5.74) is 2.51. The third-order valence-electron chi connectivity index (χ3n) is 3.78. The first kappa shape index (κ1) is 20.6. The number of rotatable bonds is 8. The van der Waals surface area contributed by atoms with Crippen LogP contribution in [0.15, 0.2) is 47.8 Å². The second kappa shape index (κ2) is 9.88. The second-order valence-corrected chi connectivity index (χ2v) is 6.69. The molecular weight excluding hydrogens is 364 g/mol. The van der Waals surface area contributed by atoms with E-state index in [4.69, 9.17) is 21.2 Å². The number of Topliss-reactive ketones (excluding diaryl/α,β-unsaturated/α-hetero) is 1. The van der Waals surface area contributed by atoms with Crippen LogP contribution >= 0.6 is 11.6 Å². The maximum atomic E-state index is 11.1. The molecule has 2 rings (SSSR count). The summed E-state index contributed by atoms with van der Waals surface area (Å²) in [5, 5.41) is 4.34. The van der Waals surface area contributed by atoms with Crippen LogP contribution in [0, 0.1) is 5.92 Å². The summed E-state index contributed by atoms with van der Waals surface area (Å²) in [6, 6.07) is 9.06. The fourth-order valence-electron chi connectivity index (χ4n) is 2.46. The number of benzene rings is 1. The minimum Gasteiger partial charge on any atom is -0.437 e. The lowest BCUT2D eigenvalue weighted by Gasteiger charge is -2.08. The fraction of sp³-hybridized carbons (Fsp3) is 0.286. The first-order chi connectivity index (χ1) is 12.9. The highest BCUT2D eigenvalue weighted by molar-refractivity contribution is 6.32.